The summed E-state index contributed by atoms with van der Waals surface area (Å²) < 4.78 is 1.13. The van der Waals surface area contributed by atoms with Gasteiger partial charge in [0.2, 0.25) is 0 Å². The molecule has 1 fully saturated rings. The van der Waals surface area contributed by atoms with Crippen LogP contribution in [0.4, 0.5) is 5.69 Å². The molecule has 28 heavy (non-hydrogen) atoms. The average Bonchev–Trinajstić information content (AvgIpc) is 2.72. The summed E-state index contributed by atoms with van der Waals surface area (Å²) in [6.45, 7) is 7.72. The van der Waals surface area contributed by atoms with Gasteiger partial charge < -0.3 is 14.7 Å². The number of piperazine rings is 1. The highest BCUT2D eigenvalue weighted by Gasteiger charge is 2.25. The lowest BCUT2D eigenvalue weighted by Gasteiger charge is -2.39. The van der Waals surface area contributed by atoms with Gasteiger partial charge in [-0.2, -0.15) is 0 Å². The second kappa shape index (κ2) is 10.4. The molecule has 4 heteroatoms. The third kappa shape index (κ3) is 6.47. The van der Waals surface area contributed by atoms with Gasteiger partial charge in [0, 0.05) is 38.2 Å². The van der Waals surface area contributed by atoms with Crippen molar-refractivity contribution in [2.45, 2.75) is 19.3 Å². The molecule has 4 nitrogen and oxygen atoms in total. The zero-order valence-electron chi connectivity index (χ0n) is 17.1. The van der Waals surface area contributed by atoms with Crippen molar-refractivity contribution in [3.05, 3.63) is 66.2 Å². The third-order valence-corrected chi connectivity index (χ3v) is 5.82. The lowest BCUT2D eigenvalue weighted by Crippen LogP contribution is -2.58. The predicted molar refractivity (Wildman–Crippen MR) is 117 cm³/mol. The summed E-state index contributed by atoms with van der Waals surface area (Å²) in [5.74, 6) is 0.334. The number of para-hydroxylation sites is 1. The van der Waals surface area contributed by atoms with Crippen molar-refractivity contribution in [3.8, 4) is 0 Å². The van der Waals surface area contributed by atoms with E-state index in [1.54, 1.807) is 0 Å². The Balaban J connectivity index is 1.51. The number of hydrogen-bond donors (Lipinski definition) is 1. The van der Waals surface area contributed by atoms with Gasteiger partial charge in [-0.1, -0.05) is 48.5 Å². The number of nitrogens with one attached hydrogen (secondary N) is 1. The average molecular weight is 381 g/mol. The van der Waals surface area contributed by atoms with Crippen LogP contribution in [0.5, 0.6) is 0 Å². The number of hydrogen-bond acceptors (Lipinski definition) is 3. The molecule has 2 aromatic rings. The van der Waals surface area contributed by atoms with Gasteiger partial charge in [0.1, 0.15) is 5.78 Å². The van der Waals surface area contributed by atoms with Crippen molar-refractivity contribution in [1.29, 1.82) is 0 Å². The predicted octanol–water partition coefficient (Wildman–Crippen LogP) is 3.13. The van der Waals surface area contributed by atoms with Gasteiger partial charge in [0.05, 0.1) is 33.2 Å². The van der Waals surface area contributed by atoms with Crippen LogP contribution in [0.3, 0.4) is 0 Å². The molecular weight excluding hydrogens is 346 g/mol. The van der Waals surface area contributed by atoms with E-state index in [1.165, 1.54) is 18.8 Å². The first-order chi connectivity index (χ1) is 13.6. The number of likely N-dealkylation sites (N-methyl/N-ethyl adjacent to an activating group) is 1. The number of carbonyl (C=O) groups is 1. The largest absolute Gasteiger partial charge is 0.366 e. The fourth-order valence-electron chi connectivity index (χ4n) is 3.91. The van der Waals surface area contributed by atoms with Gasteiger partial charge in [0.25, 0.3) is 0 Å². The Labute approximate surface area is 169 Å². The SMILES string of the molecule is C[N+]1(CCN(CCCC(=O)Cc2ccccc2)c2ccccc2)CCNCC1. The molecule has 0 bridgehead atoms. The van der Waals surface area contributed by atoms with Crippen LogP contribution >= 0.6 is 0 Å². The normalized spacial score (nSPS) is 15.9. The van der Waals surface area contributed by atoms with Crippen LogP contribution in [0.15, 0.2) is 60.7 Å². The summed E-state index contributed by atoms with van der Waals surface area (Å²) in [6.07, 6.45) is 2.11. The molecule has 1 heterocycles. The van der Waals surface area contributed by atoms with Gasteiger partial charge in [-0.25, -0.2) is 0 Å². The van der Waals surface area contributed by atoms with Gasteiger partial charge >= 0.3 is 0 Å². The minimum absolute atomic E-state index is 0.334. The molecule has 150 valence electrons. The Morgan fingerprint density at radius 2 is 1.61 bits per heavy atom. The molecule has 1 N–H and O–H groups in total. The maximum absolute atomic E-state index is 12.4. The molecule has 0 atom stereocenters. The highest BCUT2D eigenvalue weighted by molar-refractivity contribution is 5.80. The Morgan fingerprint density at radius 3 is 2.29 bits per heavy atom. The Hall–Kier alpha value is -2.17. The molecule has 0 aromatic heterocycles. The summed E-state index contributed by atoms with van der Waals surface area (Å²) >= 11 is 0. The molecule has 0 aliphatic carbocycles. The van der Waals surface area contributed by atoms with Crippen LogP contribution in [-0.2, 0) is 11.2 Å². The van der Waals surface area contributed by atoms with Crippen LogP contribution in [0.25, 0.3) is 0 Å². The minimum Gasteiger partial charge on any atom is -0.366 e. The molecular formula is C24H34N3O+. The first kappa shape index (κ1) is 20.6. The highest BCUT2D eigenvalue weighted by Crippen LogP contribution is 2.16. The van der Waals surface area contributed by atoms with E-state index >= 15 is 0 Å². The number of anilines is 1. The Bertz CT molecular complexity index is 711. The number of carbonyl (C=O) groups excluding carboxylic acids is 1. The maximum atomic E-state index is 12.4. The standard InChI is InChI=1S/C24H34N3O/c1-27(18-14-25-15-19-27)20-17-26(23-11-6-3-7-12-23)16-8-13-24(28)21-22-9-4-2-5-10-22/h2-7,9-12,25H,8,13-21H2,1H3/q+1. The van der Waals surface area contributed by atoms with Crippen molar-refractivity contribution >= 4 is 11.5 Å². The first-order valence-electron chi connectivity index (χ1n) is 10.5. The van der Waals surface area contributed by atoms with Crippen LogP contribution in [0.2, 0.25) is 0 Å². The molecule has 1 saturated heterocycles. The first-order valence-corrected chi connectivity index (χ1v) is 10.5. The lowest BCUT2D eigenvalue weighted by molar-refractivity contribution is -0.909. The van der Waals surface area contributed by atoms with E-state index in [4.69, 9.17) is 0 Å². The van der Waals surface area contributed by atoms with Crippen molar-refractivity contribution < 1.29 is 9.28 Å². The quantitative estimate of drug-likeness (QED) is 0.643. The number of rotatable bonds is 10. The summed E-state index contributed by atoms with van der Waals surface area (Å²) in [5, 5.41) is 3.46. The molecule has 1 aliphatic rings. The van der Waals surface area contributed by atoms with E-state index in [-0.39, 0.29) is 0 Å². The lowest BCUT2D eigenvalue weighted by atomic mass is 10.1. The van der Waals surface area contributed by atoms with Gasteiger partial charge in [-0.15, -0.1) is 0 Å². The number of benzene rings is 2. The van der Waals surface area contributed by atoms with Crippen LogP contribution in [0, 0.1) is 0 Å². The second-order valence-electron chi connectivity index (χ2n) is 8.17. The minimum atomic E-state index is 0.334. The van der Waals surface area contributed by atoms with Gasteiger partial charge in [0.15, 0.2) is 0 Å². The summed E-state index contributed by atoms with van der Waals surface area (Å²) in [4.78, 5) is 14.8. The van der Waals surface area contributed by atoms with Gasteiger partial charge in [-0.05, 0) is 24.1 Å². The summed E-state index contributed by atoms with van der Waals surface area (Å²) in [6, 6.07) is 20.7. The summed E-state index contributed by atoms with van der Waals surface area (Å²) in [7, 11) is 2.37. The molecule has 1 aliphatic heterocycles. The smallest absolute Gasteiger partial charge is 0.137 e. The van der Waals surface area contributed by atoms with E-state index in [0.717, 1.165) is 49.2 Å². The maximum Gasteiger partial charge on any atom is 0.137 e. The third-order valence-electron chi connectivity index (χ3n) is 5.82. The fourth-order valence-corrected chi connectivity index (χ4v) is 3.91. The number of ketones is 1. The zero-order valence-corrected chi connectivity index (χ0v) is 17.1. The van der Waals surface area contributed by atoms with E-state index in [9.17, 15) is 4.79 Å². The zero-order chi connectivity index (χ0) is 19.7. The van der Waals surface area contributed by atoms with Crippen molar-refractivity contribution in [2.75, 3.05) is 57.8 Å². The number of nitrogens with zero attached hydrogens (tertiary/aromatic N) is 2. The molecule has 0 spiro atoms. The monoisotopic (exact) mass is 380 g/mol. The van der Waals surface area contributed by atoms with Crippen LogP contribution in [0.1, 0.15) is 18.4 Å². The molecule has 0 radical (unpaired) electrons. The number of quaternary nitrogens is 1. The molecule has 3 rings (SSSR count). The van der Waals surface area contributed by atoms with Crippen LogP contribution < -0.4 is 10.2 Å². The van der Waals surface area contributed by atoms with E-state index in [1.807, 2.05) is 30.3 Å². The molecule has 0 amide bonds. The Morgan fingerprint density at radius 1 is 0.964 bits per heavy atom. The molecule has 0 unspecified atom stereocenters. The van der Waals surface area contributed by atoms with Crippen molar-refractivity contribution in [3.63, 3.8) is 0 Å². The molecule has 0 saturated carbocycles. The van der Waals surface area contributed by atoms with Gasteiger partial charge in [-0.3, -0.25) is 4.79 Å². The number of Topliss-reactive ketones (excluding diaryl/α,β-unsaturated/α-hetero) is 1. The summed E-state index contributed by atoms with van der Waals surface area (Å²) in [5.41, 5.74) is 2.38. The second-order valence-corrected chi connectivity index (χ2v) is 8.17. The Kier molecular flexibility index (Phi) is 7.63. The topological polar surface area (TPSA) is 32.3 Å². The fraction of sp³-hybridized carbons (Fsp3) is 0.458. The van der Waals surface area contributed by atoms with E-state index < -0.39 is 0 Å². The van der Waals surface area contributed by atoms with E-state index in [2.05, 4.69) is 47.6 Å². The highest BCUT2D eigenvalue weighted by atomic mass is 16.1. The van der Waals surface area contributed by atoms with Crippen LogP contribution in [-0.4, -0.2) is 63.1 Å². The van der Waals surface area contributed by atoms with E-state index in [0.29, 0.717) is 18.6 Å². The van der Waals surface area contributed by atoms with Crippen molar-refractivity contribution in [2.24, 2.45) is 0 Å². The van der Waals surface area contributed by atoms with Crippen molar-refractivity contribution in [1.82, 2.24) is 5.32 Å². The molecule has 2 aromatic carbocycles.